The van der Waals surface area contributed by atoms with Gasteiger partial charge in [0.2, 0.25) is 5.91 Å². The van der Waals surface area contributed by atoms with Gasteiger partial charge in [-0.3, -0.25) is 20.4 Å². The largest absolute Gasteiger partial charge is 0.273 e. The number of halogens is 1. The lowest BCUT2D eigenvalue weighted by atomic mass is 10.0. The summed E-state index contributed by atoms with van der Waals surface area (Å²) in [6.45, 7) is 4.30. The van der Waals surface area contributed by atoms with Crippen LogP contribution >= 0.6 is 0 Å². The first-order valence-electron chi connectivity index (χ1n) is 7.87. The molecule has 0 aliphatic carbocycles. The number of hydrogen-bond acceptors (Lipinski definition) is 2. The Balaban J connectivity index is 1.85. The summed E-state index contributed by atoms with van der Waals surface area (Å²) >= 11 is 0. The highest BCUT2D eigenvalue weighted by molar-refractivity contribution is 5.95. The zero-order valence-corrected chi connectivity index (χ0v) is 13.8. The number of nitrogens with one attached hydrogen (secondary N) is 2. The van der Waals surface area contributed by atoms with Crippen molar-refractivity contribution in [3.8, 4) is 0 Å². The number of carbonyl (C=O) groups excluding carboxylic acids is 2. The van der Waals surface area contributed by atoms with E-state index < -0.39 is 11.7 Å². The molecular formula is C19H21FN2O2. The van der Waals surface area contributed by atoms with E-state index in [9.17, 15) is 14.0 Å². The molecule has 0 aliphatic heterocycles. The van der Waals surface area contributed by atoms with E-state index in [0.29, 0.717) is 5.92 Å². The molecule has 2 rings (SSSR count). The highest BCUT2D eigenvalue weighted by Crippen LogP contribution is 2.10. The maximum Gasteiger partial charge on any atom is 0.272 e. The van der Waals surface area contributed by atoms with E-state index in [2.05, 4.69) is 24.7 Å². The average Bonchev–Trinajstić information content (AvgIpc) is 2.54. The molecule has 0 spiro atoms. The molecule has 0 saturated carbocycles. The van der Waals surface area contributed by atoms with Gasteiger partial charge < -0.3 is 0 Å². The molecule has 0 aromatic heterocycles. The fraction of sp³-hybridized carbons (Fsp3) is 0.263. The lowest BCUT2D eigenvalue weighted by Crippen LogP contribution is -2.42. The number of benzene rings is 2. The van der Waals surface area contributed by atoms with Gasteiger partial charge in [-0.15, -0.1) is 0 Å². The monoisotopic (exact) mass is 328 g/mol. The first-order chi connectivity index (χ1) is 11.5. The standard InChI is InChI=1S/C19H21FN2O2/c1-13(2)11-14-7-9-15(10-8-14)12-18(23)21-22-19(24)16-5-3-4-6-17(16)20/h3-10,13H,11-12H2,1-2H3,(H,21,23)(H,22,24). The third-order valence-electron chi connectivity index (χ3n) is 3.47. The first kappa shape index (κ1) is 17.7. The van der Waals surface area contributed by atoms with E-state index in [1.807, 2.05) is 24.3 Å². The molecule has 2 N–H and O–H groups in total. The average molecular weight is 328 g/mol. The summed E-state index contributed by atoms with van der Waals surface area (Å²) in [6, 6.07) is 13.4. The molecule has 0 saturated heterocycles. The number of hydrogen-bond donors (Lipinski definition) is 2. The van der Waals surface area contributed by atoms with Crippen molar-refractivity contribution in [1.82, 2.24) is 10.9 Å². The van der Waals surface area contributed by atoms with E-state index in [1.165, 1.54) is 23.8 Å². The van der Waals surface area contributed by atoms with Crippen LogP contribution in [-0.2, 0) is 17.6 Å². The molecule has 2 aromatic carbocycles. The second-order valence-electron chi connectivity index (χ2n) is 6.07. The summed E-state index contributed by atoms with van der Waals surface area (Å²) in [5.41, 5.74) is 6.47. The number of rotatable bonds is 5. The third-order valence-corrected chi connectivity index (χ3v) is 3.47. The molecule has 0 unspecified atom stereocenters. The van der Waals surface area contributed by atoms with Gasteiger partial charge in [0.25, 0.3) is 5.91 Å². The van der Waals surface area contributed by atoms with Gasteiger partial charge in [-0.2, -0.15) is 0 Å². The molecule has 0 radical (unpaired) electrons. The summed E-state index contributed by atoms with van der Waals surface area (Å²) in [7, 11) is 0. The fourth-order valence-corrected chi connectivity index (χ4v) is 2.33. The van der Waals surface area contributed by atoms with Crippen molar-refractivity contribution in [3.05, 3.63) is 71.0 Å². The van der Waals surface area contributed by atoms with Crippen molar-refractivity contribution in [2.24, 2.45) is 5.92 Å². The van der Waals surface area contributed by atoms with Gasteiger partial charge in [0.05, 0.1) is 12.0 Å². The lowest BCUT2D eigenvalue weighted by Gasteiger charge is -2.09. The van der Waals surface area contributed by atoms with E-state index in [-0.39, 0.29) is 17.9 Å². The molecule has 0 aliphatic rings. The molecule has 0 fully saturated rings. The van der Waals surface area contributed by atoms with Crippen LogP contribution in [0.2, 0.25) is 0 Å². The zero-order chi connectivity index (χ0) is 17.5. The minimum Gasteiger partial charge on any atom is -0.273 e. The minimum atomic E-state index is -0.686. The predicted molar refractivity (Wildman–Crippen MR) is 90.7 cm³/mol. The van der Waals surface area contributed by atoms with E-state index >= 15 is 0 Å². The van der Waals surface area contributed by atoms with Gasteiger partial charge in [0.1, 0.15) is 5.82 Å². The lowest BCUT2D eigenvalue weighted by molar-refractivity contribution is -0.121. The van der Waals surface area contributed by atoms with Crippen LogP contribution in [0, 0.1) is 11.7 Å². The van der Waals surface area contributed by atoms with Crippen molar-refractivity contribution >= 4 is 11.8 Å². The van der Waals surface area contributed by atoms with Crippen LogP contribution in [-0.4, -0.2) is 11.8 Å². The molecule has 0 bridgehead atoms. The van der Waals surface area contributed by atoms with Crippen molar-refractivity contribution in [2.45, 2.75) is 26.7 Å². The summed E-state index contributed by atoms with van der Waals surface area (Å²) < 4.78 is 13.5. The molecule has 2 amide bonds. The van der Waals surface area contributed by atoms with Gasteiger partial charge in [-0.1, -0.05) is 50.2 Å². The highest BCUT2D eigenvalue weighted by Gasteiger charge is 2.11. The summed E-state index contributed by atoms with van der Waals surface area (Å²) in [5, 5.41) is 0. The topological polar surface area (TPSA) is 58.2 Å². The predicted octanol–water partition coefficient (Wildman–Crippen LogP) is 3.03. The Labute approximate surface area is 141 Å². The molecule has 0 atom stereocenters. The Morgan fingerprint density at radius 2 is 1.58 bits per heavy atom. The first-order valence-corrected chi connectivity index (χ1v) is 7.87. The maximum atomic E-state index is 13.5. The van der Waals surface area contributed by atoms with E-state index in [4.69, 9.17) is 0 Å². The molecule has 2 aromatic rings. The summed E-state index contributed by atoms with van der Waals surface area (Å²) in [5.74, 6) is -1.11. The Morgan fingerprint density at radius 3 is 2.21 bits per heavy atom. The van der Waals surface area contributed by atoms with Crippen molar-refractivity contribution in [2.75, 3.05) is 0 Å². The molecule has 0 heterocycles. The Morgan fingerprint density at radius 1 is 0.958 bits per heavy atom. The molecular weight excluding hydrogens is 307 g/mol. The minimum absolute atomic E-state index is 0.115. The van der Waals surface area contributed by atoms with Gasteiger partial charge in [0, 0.05) is 0 Å². The Bertz CT molecular complexity index is 712. The second kappa shape index (κ2) is 8.24. The van der Waals surface area contributed by atoms with Crippen LogP contribution in [0.5, 0.6) is 0 Å². The van der Waals surface area contributed by atoms with Gasteiger partial charge in [-0.05, 0) is 35.6 Å². The van der Waals surface area contributed by atoms with Crippen LogP contribution < -0.4 is 10.9 Å². The molecule has 5 heteroatoms. The smallest absolute Gasteiger partial charge is 0.272 e. The number of hydrazine groups is 1. The van der Waals surface area contributed by atoms with Gasteiger partial charge in [0.15, 0.2) is 0 Å². The normalized spacial score (nSPS) is 10.5. The fourth-order valence-electron chi connectivity index (χ4n) is 2.33. The van der Waals surface area contributed by atoms with Gasteiger partial charge in [-0.25, -0.2) is 4.39 Å². The van der Waals surface area contributed by atoms with E-state index in [0.717, 1.165) is 12.0 Å². The SMILES string of the molecule is CC(C)Cc1ccc(CC(=O)NNC(=O)c2ccccc2F)cc1. The third kappa shape index (κ3) is 5.19. The summed E-state index contributed by atoms with van der Waals surface area (Å²) in [6.07, 6.45) is 1.13. The van der Waals surface area contributed by atoms with Crippen LogP contribution in [0.1, 0.15) is 35.3 Å². The van der Waals surface area contributed by atoms with Crippen molar-refractivity contribution < 1.29 is 14.0 Å². The van der Waals surface area contributed by atoms with E-state index in [1.54, 1.807) is 6.07 Å². The van der Waals surface area contributed by atoms with Crippen molar-refractivity contribution in [1.29, 1.82) is 0 Å². The van der Waals surface area contributed by atoms with Gasteiger partial charge >= 0.3 is 0 Å². The highest BCUT2D eigenvalue weighted by atomic mass is 19.1. The van der Waals surface area contributed by atoms with Crippen LogP contribution in [0.4, 0.5) is 4.39 Å². The number of amides is 2. The van der Waals surface area contributed by atoms with Crippen LogP contribution in [0.3, 0.4) is 0 Å². The number of carbonyl (C=O) groups is 2. The zero-order valence-electron chi connectivity index (χ0n) is 13.8. The van der Waals surface area contributed by atoms with Crippen LogP contribution in [0.25, 0.3) is 0 Å². The quantitative estimate of drug-likeness (QED) is 0.829. The molecule has 126 valence electrons. The molecule has 24 heavy (non-hydrogen) atoms. The Hall–Kier alpha value is -2.69. The van der Waals surface area contributed by atoms with Crippen molar-refractivity contribution in [3.63, 3.8) is 0 Å². The Kier molecular flexibility index (Phi) is 6.07. The molecule has 4 nitrogen and oxygen atoms in total. The summed E-state index contributed by atoms with van der Waals surface area (Å²) in [4.78, 5) is 23.7. The second-order valence-corrected chi connectivity index (χ2v) is 6.07. The van der Waals surface area contributed by atoms with Crippen LogP contribution in [0.15, 0.2) is 48.5 Å². The maximum absolute atomic E-state index is 13.5.